The maximum Gasteiger partial charge on any atom is 0.417 e. The van der Waals surface area contributed by atoms with Crippen LogP contribution in [0, 0.1) is 0 Å². The number of alkyl halides is 3. The van der Waals surface area contributed by atoms with Crippen LogP contribution in [0.4, 0.5) is 24.7 Å². The topological polar surface area (TPSA) is 51.2 Å². The van der Waals surface area contributed by atoms with Gasteiger partial charge in [0.25, 0.3) is 0 Å². The fourth-order valence-electron chi connectivity index (χ4n) is 1.74. The zero-order valence-electron chi connectivity index (χ0n) is 11.2. The molecule has 0 atom stereocenters. The Morgan fingerprint density at radius 2 is 2.05 bits per heavy atom. The van der Waals surface area contributed by atoms with Crippen LogP contribution in [0.25, 0.3) is 0 Å². The standard InChI is InChI=1S/C14H10ClF3N2O2/c1-22-13(21)10-7-19-12(6-11(10)14(16,17)18)20-9-4-2-3-8(15)5-9/h2-7H,1H3,(H,19,20). The quantitative estimate of drug-likeness (QED) is 0.853. The Labute approximate surface area is 128 Å². The van der Waals surface area contributed by atoms with Crippen molar-refractivity contribution in [2.24, 2.45) is 0 Å². The summed E-state index contributed by atoms with van der Waals surface area (Å²) in [7, 11) is 1.00. The van der Waals surface area contributed by atoms with Crippen LogP contribution >= 0.6 is 11.6 Å². The number of anilines is 2. The number of hydrogen-bond donors (Lipinski definition) is 1. The van der Waals surface area contributed by atoms with Crippen LogP contribution in [-0.4, -0.2) is 18.1 Å². The van der Waals surface area contributed by atoms with E-state index in [1.807, 2.05) is 0 Å². The Morgan fingerprint density at radius 3 is 2.64 bits per heavy atom. The van der Waals surface area contributed by atoms with E-state index >= 15 is 0 Å². The van der Waals surface area contributed by atoms with Crippen LogP contribution in [0.2, 0.25) is 5.02 Å². The van der Waals surface area contributed by atoms with Gasteiger partial charge in [0.2, 0.25) is 0 Å². The Bertz CT molecular complexity index is 705. The van der Waals surface area contributed by atoms with E-state index in [2.05, 4.69) is 15.0 Å². The third-order valence-electron chi connectivity index (χ3n) is 2.71. The molecule has 0 aliphatic heterocycles. The van der Waals surface area contributed by atoms with Crippen molar-refractivity contribution in [2.45, 2.75) is 6.18 Å². The molecule has 2 rings (SSSR count). The predicted octanol–water partition coefficient (Wildman–Crippen LogP) is 4.28. The van der Waals surface area contributed by atoms with Crippen molar-refractivity contribution < 1.29 is 22.7 Å². The van der Waals surface area contributed by atoms with Crippen molar-refractivity contribution >= 4 is 29.1 Å². The number of carbonyl (C=O) groups excluding carboxylic acids is 1. The van der Waals surface area contributed by atoms with Crippen molar-refractivity contribution in [3.05, 3.63) is 52.7 Å². The molecule has 8 heteroatoms. The van der Waals surface area contributed by atoms with Gasteiger partial charge < -0.3 is 10.1 Å². The first kappa shape index (κ1) is 16.1. The first-order valence-corrected chi connectivity index (χ1v) is 6.37. The summed E-state index contributed by atoms with van der Waals surface area (Å²) in [6.45, 7) is 0. The van der Waals surface area contributed by atoms with Crippen LogP contribution in [0.15, 0.2) is 36.5 Å². The summed E-state index contributed by atoms with van der Waals surface area (Å²) in [6, 6.07) is 7.16. The second-order valence-electron chi connectivity index (χ2n) is 4.24. The average molecular weight is 331 g/mol. The molecule has 0 radical (unpaired) electrons. The van der Waals surface area contributed by atoms with E-state index in [0.29, 0.717) is 10.7 Å². The maximum absolute atomic E-state index is 13.0. The van der Waals surface area contributed by atoms with E-state index in [1.165, 1.54) is 6.07 Å². The molecule has 1 aromatic carbocycles. The van der Waals surface area contributed by atoms with Gasteiger partial charge in [0.05, 0.1) is 18.2 Å². The minimum atomic E-state index is -4.71. The van der Waals surface area contributed by atoms with E-state index in [4.69, 9.17) is 11.6 Å². The lowest BCUT2D eigenvalue weighted by atomic mass is 10.1. The van der Waals surface area contributed by atoms with Gasteiger partial charge in [0.1, 0.15) is 5.82 Å². The Morgan fingerprint density at radius 1 is 1.32 bits per heavy atom. The molecule has 1 N–H and O–H groups in total. The van der Waals surface area contributed by atoms with Gasteiger partial charge in [-0.15, -0.1) is 0 Å². The predicted molar refractivity (Wildman–Crippen MR) is 75.3 cm³/mol. The smallest absolute Gasteiger partial charge is 0.417 e. The number of aromatic nitrogens is 1. The molecule has 1 aromatic heterocycles. The molecule has 0 bridgehead atoms. The average Bonchev–Trinajstić information content (AvgIpc) is 2.45. The highest BCUT2D eigenvalue weighted by Gasteiger charge is 2.36. The lowest BCUT2D eigenvalue weighted by Crippen LogP contribution is -2.15. The van der Waals surface area contributed by atoms with E-state index in [9.17, 15) is 18.0 Å². The molecule has 0 unspecified atom stereocenters. The summed E-state index contributed by atoms with van der Waals surface area (Å²) < 4.78 is 43.5. The molecule has 1 heterocycles. The summed E-state index contributed by atoms with van der Waals surface area (Å²) in [5.41, 5.74) is -1.30. The third-order valence-corrected chi connectivity index (χ3v) is 2.95. The van der Waals surface area contributed by atoms with Crippen molar-refractivity contribution in [1.29, 1.82) is 0 Å². The van der Waals surface area contributed by atoms with Gasteiger partial charge in [0, 0.05) is 16.9 Å². The Kier molecular flexibility index (Phi) is 4.56. The van der Waals surface area contributed by atoms with E-state index in [1.54, 1.807) is 18.2 Å². The number of pyridine rings is 1. The summed E-state index contributed by atoms with van der Waals surface area (Å²) >= 11 is 5.80. The number of benzene rings is 1. The van der Waals surface area contributed by atoms with Crippen molar-refractivity contribution in [2.75, 3.05) is 12.4 Å². The first-order valence-electron chi connectivity index (χ1n) is 5.99. The number of ether oxygens (including phenoxy) is 1. The van der Waals surface area contributed by atoms with Gasteiger partial charge in [0.15, 0.2) is 0 Å². The van der Waals surface area contributed by atoms with Gasteiger partial charge in [-0.2, -0.15) is 13.2 Å². The van der Waals surface area contributed by atoms with Gasteiger partial charge in [-0.05, 0) is 24.3 Å². The summed E-state index contributed by atoms with van der Waals surface area (Å²) in [6.07, 6.45) is -3.89. The molecule has 0 spiro atoms. The monoisotopic (exact) mass is 330 g/mol. The van der Waals surface area contributed by atoms with E-state index in [-0.39, 0.29) is 5.82 Å². The SMILES string of the molecule is COC(=O)c1cnc(Nc2cccc(Cl)c2)cc1C(F)(F)F. The molecule has 0 aliphatic carbocycles. The Balaban J connectivity index is 2.41. The second kappa shape index (κ2) is 6.23. The lowest BCUT2D eigenvalue weighted by Gasteiger charge is -2.13. The molecule has 116 valence electrons. The molecule has 2 aromatic rings. The molecule has 0 amide bonds. The lowest BCUT2D eigenvalue weighted by molar-refractivity contribution is -0.138. The zero-order chi connectivity index (χ0) is 16.3. The normalized spacial score (nSPS) is 11.1. The van der Waals surface area contributed by atoms with Gasteiger partial charge in [-0.3, -0.25) is 0 Å². The van der Waals surface area contributed by atoms with Crippen LogP contribution in [0.3, 0.4) is 0 Å². The van der Waals surface area contributed by atoms with Crippen molar-refractivity contribution in [3.63, 3.8) is 0 Å². The first-order chi connectivity index (χ1) is 10.3. The van der Waals surface area contributed by atoms with E-state index in [0.717, 1.165) is 19.4 Å². The minimum absolute atomic E-state index is 0.0674. The summed E-state index contributed by atoms with van der Waals surface area (Å²) in [5.74, 6) is -1.17. The number of rotatable bonds is 3. The van der Waals surface area contributed by atoms with E-state index < -0.39 is 23.3 Å². The number of nitrogens with one attached hydrogen (secondary N) is 1. The molecule has 4 nitrogen and oxygen atoms in total. The number of hydrogen-bond acceptors (Lipinski definition) is 4. The largest absolute Gasteiger partial charge is 0.465 e. The van der Waals surface area contributed by atoms with Crippen LogP contribution in [0.1, 0.15) is 15.9 Å². The number of carbonyl (C=O) groups is 1. The highest BCUT2D eigenvalue weighted by molar-refractivity contribution is 6.30. The molecule has 0 saturated heterocycles. The summed E-state index contributed by atoms with van der Waals surface area (Å²) in [5, 5.41) is 3.12. The molecular formula is C14H10ClF3N2O2. The van der Waals surface area contributed by atoms with Crippen LogP contribution < -0.4 is 5.32 Å². The highest BCUT2D eigenvalue weighted by atomic mass is 35.5. The fraction of sp³-hybridized carbons (Fsp3) is 0.143. The van der Waals surface area contributed by atoms with Gasteiger partial charge in [-0.1, -0.05) is 17.7 Å². The van der Waals surface area contributed by atoms with Crippen LogP contribution in [-0.2, 0) is 10.9 Å². The Hall–Kier alpha value is -2.28. The maximum atomic E-state index is 13.0. The fourth-order valence-corrected chi connectivity index (χ4v) is 1.94. The van der Waals surface area contributed by atoms with Gasteiger partial charge in [-0.25, -0.2) is 9.78 Å². The number of halogens is 4. The molecule has 22 heavy (non-hydrogen) atoms. The van der Waals surface area contributed by atoms with Crippen molar-refractivity contribution in [1.82, 2.24) is 4.98 Å². The third kappa shape index (κ3) is 3.67. The molecule has 0 saturated carbocycles. The van der Waals surface area contributed by atoms with Crippen LogP contribution in [0.5, 0.6) is 0 Å². The number of esters is 1. The molecule has 0 aliphatic rings. The molecular weight excluding hydrogens is 321 g/mol. The number of nitrogens with zero attached hydrogens (tertiary/aromatic N) is 1. The second-order valence-corrected chi connectivity index (χ2v) is 4.68. The van der Waals surface area contributed by atoms with Gasteiger partial charge >= 0.3 is 12.1 Å². The number of methoxy groups -OCH3 is 1. The minimum Gasteiger partial charge on any atom is -0.465 e. The molecule has 0 fully saturated rings. The zero-order valence-corrected chi connectivity index (χ0v) is 12.0. The summed E-state index contributed by atoms with van der Waals surface area (Å²) in [4.78, 5) is 15.2. The highest BCUT2D eigenvalue weighted by Crippen LogP contribution is 2.34. The van der Waals surface area contributed by atoms with Crippen molar-refractivity contribution in [3.8, 4) is 0 Å².